The van der Waals surface area contributed by atoms with Crippen molar-refractivity contribution in [3.63, 3.8) is 0 Å². The summed E-state index contributed by atoms with van der Waals surface area (Å²) >= 11 is 13.5. The molecule has 5 atom stereocenters. The molecule has 2 aromatic rings. The summed E-state index contributed by atoms with van der Waals surface area (Å²) in [5, 5.41) is 10.9. The number of aliphatic hydroxyl groups excluding tert-OH is 1. The fraction of sp³-hybridized carbons (Fsp3) is 0.520. The number of hydrogen-bond donors (Lipinski definition) is 1. The predicted molar refractivity (Wildman–Crippen MR) is 118 cm³/mol. The van der Waals surface area contributed by atoms with Gasteiger partial charge >= 0.3 is 0 Å². The van der Waals surface area contributed by atoms with Crippen LogP contribution in [0.3, 0.4) is 0 Å². The fourth-order valence-corrected chi connectivity index (χ4v) is 6.38. The standard InChI is InChI=1S/C25H30Cl2O/c26-22-16-23(27)24(21(22)15-10-17-6-2-1-3-7-17)18-11-13-20(14-12-18)25(28)19-8-4-5-9-19/h1-3,6-7,11-14,19,21-25,28H,4-5,8-10,15-16H2. The van der Waals surface area contributed by atoms with Crippen LogP contribution in [0, 0.1) is 11.8 Å². The molecule has 28 heavy (non-hydrogen) atoms. The second kappa shape index (κ2) is 9.20. The highest BCUT2D eigenvalue weighted by Gasteiger charge is 2.42. The first-order valence-electron chi connectivity index (χ1n) is 10.7. The summed E-state index contributed by atoms with van der Waals surface area (Å²) < 4.78 is 0. The lowest BCUT2D eigenvalue weighted by Gasteiger charge is -2.25. The van der Waals surface area contributed by atoms with Crippen LogP contribution < -0.4 is 0 Å². The van der Waals surface area contributed by atoms with Gasteiger partial charge in [0.1, 0.15) is 0 Å². The fourth-order valence-electron chi connectivity index (χ4n) is 5.28. The maximum absolute atomic E-state index is 10.7. The van der Waals surface area contributed by atoms with E-state index in [0.29, 0.717) is 11.8 Å². The Kier molecular flexibility index (Phi) is 6.66. The molecule has 0 saturated heterocycles. The van der Waals surface area contributed by atoms with E-state index in [-0.39, 0.29) is 22.8 Å². The van der Waals surface area contributed by atoms with E-state index in [2.05, 4.69) is 54.6 Å². The number of benzene rings is 2. The summed E-state index contributed by atoms with van der Waals surface area (Å²) in [6, 6.07) is 19.2. The molecule has 0 amide bonds. The van der Waals surface area contributed by atoms with Crippen LogP contribution in [0.5, 0.6) is 0 Å². The van der Waals surface area contributed by atoms with Crippen LogP contribution in [0.4, 0.5) is 0 Å². The first kappa shape index (κ1) is 20.3. The summed E-state index contributed by atoms with van der Waals surface area (Å²) in [6.45, 7) is 0. The Labute approximate surface area is 179 Å². The molecule has 0 spiro atoms. The molecule has 0 radical (unpaired) electrons. The van der Waals surface area contributed by atoms with Crippen LogP contribution in [0.25, 0.3) is 0 Å². The largest absolute Gasteiger partial charge is 0.388 e. The zero-order valence-corrected chi connectivity index (χ0v) is 17.8. The van der Waals surface area contributed by atoms with Crippen molar-refractivity contribution in [2.75, 3.05) is 0 Å². The van der Waals surface area contributed by atoms with Crippen LogP contribution in [-0.2, 0) is 6.42 Å². The summed E-state index contributed by atoms with van der Waals surface area (Å²) in [6.07, 6.45) is 7.40. The highest BCUT2D eigenvalue weighted by molar-refractivity contribution is 6.25. The van der Waals surface area contributed by atoms with Crippen LogP contribution in [0.1, 0.15) is 67.2 Å². The summed E-state index contributed by atoms with van der Waals surface area (Å²) in [4.78, 5) is 0. The normalized spacial score (nSPS) is 29.2. The van der Waals surface area contributed by atoms with Gasteiger partial charge in [0.25, 0.3) is 0 Å². The molecular weight excluding hydrogens is 387 g/mol. The molecule has 3 heteroatoms. The van der Waals surface area contributed by atoms with Crippen molar-refractivity contribution in [2.24, 2.45) is 11.8 Å². The molecule has 1 nitrogen and oxygen atoms in total. The van der Waals surface area contributed by atoms with Gasteiger partial charge in [-0.2, -0.15) is 0 Å². The average Bonchev–Trinajstić information content (AvgIpc) is 3.35. The second-order valence-corrected chi connectivity index (χ2v) is 9.76. The summed E-state index contributed by atoms with van der Waals surface area (Å²) in [5.41, 5.74) is 3.67. The van der Waals surface area contributed by atoms with Gasteiger partial charge in [-0.15, -0.1) is 23.2 Å². The lowest BCUT2D eigenvalue weighted by Crippen LogP contribution is -2.18. The van der Waals surface area contributed by atoms with Crippen molar-refractivity contribution < 1.29 is 5.11 Å². The van der Waals surface area contributed by atoms with Crippen LogP contribution >= 0.6 is 23.2 Å². The van der Waals surface area contributed by atoms with Crippen LogP contribution in [0.15, 0.2) is 54.6 Å². The maximum Gasteiger partial charge on any atom is 0.0818 e. The van der Waals surface area contributed by atoms with E-state index in [1.165, 1.54) is 24.0 Å². The van der Waals surface area contributed by atoms with Gasteiger partial charge in [0.05, 0.1) is 6.10 Å². The molecule has 150 valence electrons. The molecular formula is C25H30Cl2O. The number of halogens is 2. The zero-order chi connectivity index (χ0) is 19.5. The molecule has 2 aromatic carbocycles. The van der Waals surface area contributed by atoms with E-state index in [1.54, 1.807) is 0 Å². The molecule has 1 N–H and O–H groups in total. The minimum atomic E-state index is -0.332. The first-order chi connectivity index (χ1) is 13.6. The van der Waals surface area contributed by atoms with E-state index in [0.717, 1.165) is 37.7 Å². The van der Waals surface area contributed by atoms with Crippen LogP contribution in [0.2, 0.25) is 0 Å². The van der Waals surface area contributed by atoms with Gasteiger partial charge in [-0.25, -0.2) is 0 Å². The molecule has 0 heterocycles. The van der Waals surface area contributed by atoms with Gasteiger partial charge in [0.15, 0.2) is 0 Å². The third kappa shape index (κ3) is 4.42. The molecule has 2 aliphatic rings. The van der Waals surface area contributed by atoms with Crippen molar-refractivity contribution in [3.05, 3.63) is 71.3 Å². The Morgan fingerprint density at radius 1 is 0.893 bits per heavy atom. The first-order valence-corrected chi connectivity index (χ1v) is 11.6. The number of hydrogen-bond acceptors (Lipinski definition) is 1. The molecule has 0 bridgehead atoms. The average molecular weight is 417 g/mol. The Bertz CT molecular complexity index is 739. The van der Waals surface area contributed by atoms with Crippen molar-refractivity contribution >= 4 is 23.2 Å². The lowest BCUT2D eigenvalue weighted by molar-refractivity contribution is 0.111. The lowest BCUT2D eigenvalue weighted by atomic mass is 9.84. The number of alkyl halides is 2. The number of rotatable bonds is 6. The molecule has 0 aromatic heterocycles. The smallest absolute Gasteiger partial charge is 0.0818 e. The molecule has 0 aliphatic heterocycles. The minimum absolute atomic E-state index is 0.0777. The van der Waals surface area contributed by atoms with Gasteiger partial charge in [0, 0.05) is 16.7 Å². The van der Waals surface area contributed by atoms with Crippen LogP contribution in [-0.4, -0.2) is 15.9 Å². The van der Waals surface area contributed by atoms with E-state index in [9.17, 15) is 5.11 Å². The van der Waals surface area contributed by atoms with Gasteiger partial charge in [-0.05, 0) is 60.6 Å². The third-order valence-corrected chi connectivity index (χ3v) is 7.84. The molecule has 5 unspecified atom stereocenters. The molecule has 2 saturated carbocycles. The van der Waals surface area contributed by atoms with E-state index in [4.69, 9.17) is 23.2 Å². The summed E-state index contributed by atoms with van der Waals surface area (Å²) in [7, 11) is 0. The predicted octanol–water partition coefficient (Wildman–Crippen LogP) is 6.86. The maximum atomic E-state index is 10.7. The Hall–Kier alpha value is -1.02. The number of aryl methyl sites for hydroxylation is 1. The Morgan fingerprint density at radius 3 is 2.25 bits per heavy atom. The summed E-state index contributed by atoms with van der Waals surface area (Å²) in [5.74, 6) is 1.09. The van der Waals surface area contributed by atoms with E-state index < -0.39 is 0 Å². The van der Waals surface area contributed by atoms with E-state index in [1.807, 2.05) is 0 Å². The quantitative estimate of drug-likeness (QED) is 0.509. The SMILES string of the molecule is OC(c1ccc(C2C(Cl)CC(Cl)C2CCc2ccccc2)cc1)C1CCCC1. The van der Waals surface area contributed by atoms with Crippen molar-refractivity contribution in [1.82, 2.24) is 0 Å². The monoisotopic (exact) mass is 416 g/mol. The van der Waals surface area contributed by atoms with Gasteiger partial charge < -0.3 is 5.11 Å². The second-order valence-electron chi connectivity index (χ2n) is 8.64. The third-order valence-electron chi connectivity index (χ3n) is 6.88. The molecule has 2 fully saturated rings. The molecule has 4 rings (SSSR count). The zero-order valence-electron chi connectivity index (χ0n) is 16.3. The molecule has 2 aliphatic carbocycles. The van der Waals surface area contributed by atoms with Gasteiger partial charge in [-0.1, -0.05) is 67.4 Å². The Morgan fingerprint density at radius 2 is 1.57 bits per heavy atom. The van der Waals surface area contributed by atoms with Crippen molar-refractivity contribution in [2.45, 2.75) is 67.7 Å². The highest BCUT2D eigenvalue weighted by atomic mass is 35.5. The highest BCUT2D eigenvalue weighted by Crippen LogP contribution is 2.47. The van der Waals surface area contributed by atoms with Crippen molar-refractivity contribution in [3.8, 4) is 0 Å². The minimum Gasteiger partial charge on any atom is -0.388 e. The Balaban J connectivity index is 1.47. The van der Waals surface area contributed by atoms with Gasteiger partial charge in [0.2, 0.25) is 0 Å². The topological polar surface area (TPSA) is 20.2 Å². The van der Waals surface area contributed by atoms with E-state index >= 15 is 0 Å². The van der Waals surface area contributed by atoms with Gasteiger partial charge in [-0.3, -0.25) is 0 Å². The van der Waals surface area contributed by atoms with Crippen molar-refractivity contribution in [1.29, 1.82) is 0 Å². The number of aliphatic hydroxyl groups is 1.